The van der Waals surface area contributed by atoms with Crippen LogP contribution in [0.25, 0.3) is 0 Å². The van der Waals surface area contributed by atoms with Crippen molar-refractivity contribution < 1.29 is 30.3 Å². The molecule has 0 aliphatic rings. The van der Waals surface area contributed by atoms with Crippen LogP contribution in [0.3, 0.4) is 0 Å². The number of carboxylic acid groups (broad SMARTS) is 1. The van der Waals surface area contributed by atoms with Gasteiger partial charge in [-0.15, -0.1) is 0 Å². The zero-order valence-corrected chi connectivity index (χ0v) is 8.37. The lowest BCUT2D eigenvalue weighted by Crippen LogP contribution is -2.39. The molecule has 0 heterocycles. The molecule has 0 aliphatic heterocycles. The number of rotatable bonds is 6. The maximum atomic E-state index is 10.4. The van der Waals surface area contributed by atoms with E-state index in [9.17, 15) is 15.0 Å². The van der Waals surface area contributed by atoms with Gasteiger partial charge in [-0.2, -0.15) is 0 Å². The summed E-state index contributed by atoms with van der Waals surface area (Å²) < 4.78 is 0. The Bertz CT molecular complexity index is 237. The number of aliphatic hydroxyl groups is 4. The fraction of sp³-hybridized carbons (Fsp3) is 0.667. The van der Waals surface area contributed by atoms with Gasteiger partial charge in [0.15, 0.2) is 0 Å². The molecular weight excluding hydrogens is 204 g/mol. The summed E-state index contributed by atoms with van der Waals surface area (Å²) in [5, 5.41) is 44.4. The van der Waals surface area contributed by atoms with E-state index < -0.39 is 30.9 Å². The minimum absolute atomic E-state index is 0.0414. The van der Waals surface area contributed by atoms with Gasteiger partial charge in [-0.25, -0.2) is 4.79 Å². The first-order valence-corrected chi connectivity index (χ1v) is 4.45. The van der Waals surface area contributed by atoms with Crippen LogP contribution in [0.1, 0.15) is 13.3 Å². The SMILES string of the molecule is C/C(=C\CC(O)C(O)C(O)CO)C(=O)O. The first kappa shape index (κ1) is 14.1. The fourth-order valence-corrected chi connectivity index (χ4v) is 0.889. The van der Waals surface area contributed by atoms with Crippen molar-refractivity contribution >= 4 is 5.97 Å². The van der Waals surface area contributed by atoms with Crippen LogP contribution in [0.5, 0.6) is 0 Å². The lowest BCUT2D eigenvalue weighted by Gasteiger charge is -2.20. The van der Waals surface area contributed by atoms with E-state index in [4.69, 9.17) is 15.3 Å². The van der Waals surface area contributed by atoms with Crippen molar-refractivity contribution in [3.05, 3.63) is 11.6 Å². The molecule has 0 aliphatic carbocycles. The monoisotopic (exact) mass is 220 g/mol. The Morgan fingerprint density at radius 2 is 1.80 bits per heavy atom. The number of aliphatic hydroxyl groups excluding tert-OH is 4. The zero-order chi connectivity index (χ0) is 12.0. The van der Waals surface area contributed by atoms with Gasteiger partial charge in [0.05, 0.1) is 12.7 Å². The van der Waals surface area contributed by atoms with E-state index in [1.54, 1.807) is 0 Å². The van der Waals surface area contributed by atoms with Crippen molar-refractivity contribution in [1.82, 2.24) is 0 Å². The third kappa shape index (κ3) is 4.89. The number of aliphatic carboxylic acids is 1. The molecule has 3 unspecified atom stereocenters. The molecule has 0 rings (SSSR count). The normalized spacial score (nSPS) is 18.3. The summed E-state index contributed by atoms with van der Waals surface area (Å²) >= 11 is 0. The Balaban J connectivity index is 4.19. The molecule has 0 radical (unpaired) electrons. The van der Waals surface area contributed by atoms with Crippen LogP contribution in [0.2, 0.25) is 0 Å². The van der Waals surface area contributed by atoms with Gasteiger partial charge in [0, 0.05) is 5.57 Å². The van der Waals surface area contributed by atoms with Gasteiger partial charge in [0.1, 0.15) is 12.2 Å². The average molecular weight is 220 g/mol. The van der Waals surface area contributed by atoms with Crippen molar-refractivity contribution in [2.45, 2.75) is 31.7 Å². The molecule has 6 heteroatoms. The summed E-state index contributed by atoms with van der Waals surface area (Å²) in [5.74, 6) is -1.11. The lowest BCUT2D eigenvalue weighted by atomic mass is 10.0. The van der Waals surface area contributed by atoms with Gasteiger partial charge in [-0.1, -0.05) is 6.08 Å². The molecule has 0 spiro atoms. The molecule has 0 bridgehead atoms. The average Bonchev–Trinajstić information content (AvgIpc) is 2.22. The molecule has 0 saturated heterocycles. The van der Waals surface area contributed by atoms with Crippen LogP contribution in [0.15, 0.2) is 11.6 Å². The quantitative estimate of drug-likeness (QED) is 0.347. The first-order valence-electron chi connectivity index (χ1n) is 4.45. The largest absolute Gasteiger partial charge is 0.478 e. The van der Waals surface area contributed by atoms with Gasteiger partial charge in [-0.05, 0) is 13.3 Å². The van der Waals surface area contributed by atoms with Crippen molar-refractivity contribution in [3.63, 3.8) is 0 Å². The molecule has 6 nitrogen and oxygen atoms in total. The summed E-state index contributed by atoms with van der Waals surface area (Å²) in [6.07, 6.45) is -3.09. The van der Waals surface area contributed by atoms with Gasteiger partial charge >= 0.3 is 5.97 Å². The third-order valence-electron chi connectivity index (χ3n) is 1.98. The molecule has 15 heavy (non-hydrogen) atoms. The number of carbonyl (C=O) groups is 1. The second kappa shape index (κ2) is 6.52. The smallest absolute Gasteiger partial charge is 0.330 e. The highest BCUT2D eigenvalue weighted by molar-refractivity contribution is 5.85. The minimum Gasteiger partial charge on any atom is -0.478 e. The van der Waals surface area contributed by atoms with Crippen LogP contribution < -0.4 is 0 Å². The van der Waals surface area contributed by atoms with Crippen molar-refractivity contribution in [1.29, 1.82) is 0 Å². The van der Waals surface area contributed by atoms with Crippen molar-refractivity contribution in [2.75, 3.05) is 6.61 Å². The minimum atomic E-state index is -1.49. The molecule has 0 amide bonds. The van der Waals surface area contributed by atoms with Crippen LogP contribution in [0.4, 0.5) is 0 Å². The predicted octanol–water partition coefficient (Wildman–Crippen LogP) is -1.52. The van der Waals surface area contributed by atoms with E-state index in [0.29, 0.717) is 0 Å². The molecule has 0 aromatic heterocycles. The Morgan fingerprint density at radius 3 is 2.20 bits per heavy atom. The summed E-state index contributed by atoms with van der Waals surface area (Å²) in [5.41, 5.74) is 0.0414. The standard InChI is InChI=1S/C9H16O6/c1-5(9(14)15)2-3-6(11)8(13)7(12)4-10/h2,6-8,10-13H,3-4H2,1H3,(H,14,15)/b5-2+. The number of hydrogen-bond donors (Lipinski definition) is 5. The topological polar surface area (TPSA) is 118 Å². The number of carboxylic acids is 1. The van der Waals surface area contributed by atoms with E-state index in [0.717, 1.165) is 0 Å². The van der Waals surface area contributed by atoms with E-state index in [1.165, 1.54) is 13.0 Å². The van der Waals surface area contributed by atoms with Gasteiger partial charge in [-0.3, -0.25) is 0 Å². The summed E-state index contributed by atoms with van der Waals surface area (Å²) in [6, 6.07) is 0. The molecule has 0 saturated carbocycles. The Kier molecular flexibility index (Phi) is 6.11. The van der Waals surface area contributed by atoms with E-state index >= 15 is 0 Å². The molecule has 0 aromatic rings. The van der Waals surface area contributed by atoms with E-state index in [-0.39, 0.29) is 12.0 Å². The molecule has 0 aromatic carbocycles. The first-order chi connectivity index (χ1) is 6.90. The molecular formula is C9H16O6. The Hall–Kier alpha value is -0.950. The fourth-order valence-electron chi connectivity index (χ4n) is 0.889. The van der Waals surface area contributed by atoms with Gasteiger partial charge in [0.25, 0.3) is 0 Å². The van der Waals surface area contributed by atoms with Crippen LogP contribution >= 0.6 is 0 Å². The van der Waals surface area contributed by atoms with Crippen molar-refractivity contribution in [2.24, 2.45) is 0 Å². The Morgan fingerprint density at radius 1 is 1.27 bits per heavy atom. The van der Waals surface area contributed by atoms with Crippen LogP contribution in [-0.4, -0.2) is 56.4 Å². The van der Waals surface area contributed by atoms with Crippen LogP contribution in [0, 0.1) is 0 Å². The predicted molar refractivity (Wildman–Crippen MR) is 51.1 cm³/mol. The summed E-state index contributed by atoms with van der Waals surface area (Å²) in [4.78, 5) is 10.4. The summed E-state index contributed by atoms with van der Waals surface area (Å²) in [7, 11) is 0. The maximum absolute atomic E-state index is 10.4. The molecule has 0 fully saturated rings. The summed E-state index contributed by atoms with van der Waals surface area (Å²) in [6.45, 7) is 0.684. The van der Waals surface area contributed by atoms with Crippen LogP contribution in [-0.2, 0) is 4.79 Å². The van der Waals surface area contributed by atoms with E-state index in [2.05, 4.69) is 0 Å². The molecule has 88 valence electrons. The Labute approximate surface area is 87.1 Å². The number of hydrogen-bond acceptors (Lipinski definition) is 5. The van der Waals surface area contributed by atoms with Gasteiger partial charge < -0.3 is 25.5 Å². The molecule has 5 N–H and O–H groups in total. The second-order valence-corrected chi connectivity index (χ2v) is 3.24. The highest BCUT2D eigenvalue weighted by atomic mass is 16.4. The molecule has 3 atom stereocenters. The third-order valence-corrected chi connectivity index (χ3v) is 1.98. The van der Waals surface area contributed by atoms with Gasteiger partial charge in [0.2, 0.25) is 0 Å². The highest BCUT2D eigenvalue weighted by Gasteiger charge is 2.23. The van der Waals surface area contributed by atoms with Crippen molar-refractivity contribution in [3.8, 4) is 0 Å². The highest BCUT2D eigenvalue weighted by Crippen LogP contribution is 2.06. The maximum Gasteiger partial charge on any atom is 0.330 e. The zero-order valence-electron chi connectivity index (χ0n) is 8.37. The second-order valence-electron chi connectivity index (χ2n) is 3.24. The lowest BCUT2D eigenvalue weighted by molar-refractivity contribution is -0.132. The van der Waals surface area contributed by atoms with E-state index in [1.807, 2.05) is 0 Å².